The molecule has 0 bridgehead atoms. The van der Waals surface area contributed by atoms with Gasteiger partial charge in [-0.2, -0.15) is 5.10 Å². The van der Waals surface area contributed by atoms with Crippen molar-refractivity contribution >= 4 is 50.7 Å². The highest BCUT2D eigenvalue weighted by Gasteiger charge is 2.12. The summed E-state index contributed by atoms with van der Waals surface area (Å²) in [6.07, 6.45) is 0. The summed E-state index contributed by atoms with van der Waals surface area (Å²) in [5.74, 6) is -0.564. The number of hydrogen-bond acceptors (Lipinski definition) is 3. The maximum absolute atomic E-state index is 12.4. The first-order valence-corrected chi connectivity index (χ1v) is 8.79. The first-order chi connectivity index (χ1) is 12.4. The third-order valence-electron chi connectivity index (χ3n) is 3.50. The monoisotopic (exact) mass is 432 g/mol. The first-order valence-electron chi connectivity index (χ1n) is 7.62. The standard InChI is InChI=1S/C18H14BrClN4O2/c1-10(25)21-15-7-6-13(8-14(15)20)22-18(26)17-9-16(23-24-17)11-2-4-12(19)5-3-11/h2-9H,1H3,(H,21,25)(H,22,26)(H,23,24). The van der Waals surface area contributed by atoms with Crippen LogP contribution >= 0.6 is 27.5 Å². The molecule has 26 heavy (non-hydrogen) atoms. The van der Waals surface area contributed by atoms with E-state index in [-0.39, 0.29) is 11.8 Å². The van der Waals surface area contributed by atoms with Gasteiger partial charge in [-0.1, -0.05) is 39.7 Å². The molecule has 0 saturated heterocycles. The van der Waals surface area contributed by atoms with Crippen LogP contribution in [0.4, 0.5) is 11.4 Å². The number of carbonyl (C=O) groups excluding carboxylic acids is 2. The van der Waals surface area contributed by atoms with Gasteiger partial charge < -0.3 is 10.6 Å². The predicted octanol–water partition coefficient (Wildman–Crippen LogP) is 4.70. The molecule has 132 valence electrons. The fraction of sp³-hybridized carbons (Fsp3) is 0.0556. The quantitative estimate of drug-likeness (QED) is 0.557. The molecular weight excluding hydrogens is 420 g/mol. The normalized spacial score (nSPS) is 10.4. The molecule has 0 atom stereocenters. The first kappa shape index (κ1) is 18.2. The minimum Gasteiger partial charge on any atom is -0.325 e. The number of aromatic amines is 1. The van der Waals surface area contributed by atoms with Crippen molar-refractivity contribution in [3.8, 4) is 11.3 Å². The summed E-state index contributed by atoms with van der Waals surface area (Å²) in [4.78, 5) is 23.5. The molecule has 0 unspecified atom stereocenters. The number of nitrogens with one attached hydrogen (secondary N) is 3. The van der Waals surface area contributed by atoms with Crippen LogP contribution in [0.1, 0.15) is 17.4 Å². The number of aromatic nitrogens is 2. The summed E-state index contributed by atoms with van der Waals surface area (Å²) in [5, 5.41) is 12.6. The average Bonchev–Trinajstić information content (AvgIpc) is 3.08. The summed E-state index contributed by atoms with van der Waals surface area (Å²) in [6, 6.07) is 14.1. The van der Waals surface area contributed by atoms with Gasteiger partial charge in [0.2, 0.25) is 5.91 Å². The van der Waals surface area contributed by atoms with E-state index in [9.17, 15) is 9.59 Å². The van der Waals surface area contributed by atoms with Gasteiger partial charge in [0, 0.05) is 22.6 Å². The lowest BCUT2D eigenvalue weighted by Crippen LogP contribution is -2.12. The average molecular weight is 434 g/mol. The molecule has 3 N–H and O–H groups in total. The van der Waals surface area contributed by atoms with Crippen LogP contribution in [0.3, 0.4) is 0 Å². The van der Waals surface area contributed by atoms with Crippen LogP contribution in [0, 0.1) is 0 Å². The van der Waals surface area contributed by atoms with Gasteiger partial charge in [0.1, 0.15) is 5.69 Å². The van der Waals surface area contributed by atoms with E-state index in [1.165, 1.54) is 6.92 Å². The van der Waals surface area contributed by atoms with Crippen molar-refractivity contribution in [2.24, 2.45) is 0 Å². The zero-order valence-corrected chi connectivity index (χ0v) is 16.0. The molecule has 0 fully saturated rings. The maximum atomic E-state index is 12.4. The number of rotatable bonds is 4. The number of H-pyrrole nitrogens is 1. The Kier molecular flexibility index (Phi) is 5.39. The van der Waals surface area contributed by atoms with Gasteiger partial charge in [-0.3, -0.25) is 14.7 Å². The van der Waals surface area contributed by atoms with Crippen LogP contribution in [0.2, 0.25) is 5.02 Å². The fourth-order valence-electron chi connectivity index (χ4n) is 2.29. The number of hydrogen-bond donors (Lipinski definition) is 3. The Bertz CT molecular complexity index is 970. The van der Waals surface area contributed by atoms with E-state index in [2.05, 4.69) is 36.8 Å². The highest BCUT2D eigenvalue weighted by Crippen LogP contribution is 2.26. The van der Waals surface area contributed by atoms with E-state index in [0.717, 1.165) is 10.0 Å². The van der Waals surface area contributed by atoms with Crippen molar-refractivity contribution in [2.75, 3.05) is 10.6 Å². The smallest absolute Gasteiger partial charge is 0.273 e. The van der Waals surface area contributed by atoms with Crippen molar-refractivity contribution in [2.45, 2.75) is 6.92 Å². The molecule has 1 aromatic heterocycles. The van der Waals surface area contributed by atoms with E-state index in [4.69, 9.17) is 11.6 Å². The molecule has 2 amide bonds. The Morgan fingerprint density at radius 3 is 2.46 bits per heavy atom. The summed E-state index contributed by atoms with van der Waals surface area (Å²) in [6.45, 7) is 1.40. The lowest BCUT2D eigenvalue weighted by molar-refractivity contribution is -0.114. The maximum Gasteiger partial charge on any atom is 0.273 e. The molecule has 0 aliphatic rings. The molecule has 0 aliphatic heterocycles. The van der Waals surface area contributed by atoms with Crippen LogP contribution in [0.5, 0.6) is 0 Å². The predicted molar refractivity (Wildman–Crippen MR) is 105 cm³/mol. The van der Waals surface area contributed by atoms with Gasteiger partial charge in [-0.05, 0) is 36.4 Å². The summed E-state index contributed by atoms with van der Waals surface area (Å²) in [7, 11) is 0. The van der Waals surface area contributed by atoms with Crippen LogP contribution < -0.4 is 10.6 Å². The SMILES string of the molecule is CC(=O)Nc1ccc(NC(=O)c2cc(-c3ccc(Br)cc3)n[nH]2)cc1Cl. The van der Waals surface area contributed by atoms with Gasteiger partial charge in [0.25, 0.3) is 5.91 Å². The Morgan fingerprint density at radius 2 is 1.81 bits per heavy atom. The highest BCUT2D eigenvalue weighted by molar-refractivity contribution is 9.10. The third kappa shape index (κ3) is 4.30. The van der Waals surface area contributed by atoms with Gasteiger partial charge in [-0.25, -0.2) is 0 Å². The minimum absolute atomic E-state index is 0.221. The van der Waals surface area contributed by atoms with Crippen molar-refractivity contribution < 1.29 is 9.59 Å². The highest BCUT2D eigenvalue weighted by atomic mass is 79.9. The van der Waals surface area contributed by atoms with Gasteiger partial charge in [0.15, 0.2) is 0 Å². The number of amides is 2. The molecule has 8 heteroatoms. The van der Waals surface area contributed by atoms with E-state index in [0.29, 0.717) is 27.8 Å². The molecular formula is C18H14BrClN4O2. The molecule has 0 spiro atoms. The van der Waals surface area contributed by atoms with E-state index >= 15 is 0 Å². The summed E-state index contributed by atoms with van der Waals surface area (Å²) >= 11 is 9.49. The molecule has 6 nitrogen and oxygen atoms in total. The number of halogens is 2. The molecule has 2 aromatic carbocycles. The molecule has 3 rings (SSSR count). The Morgan fingerprint density at radius 1 is 1.08 bits per heavy atom. The molecule has 0 aliphatic carbocycles. The van der Waals surface area contributed by atoms with Crippen LogP contribution in [0.15, 0.2) is 53.0 Å². The van der Waals surface area contributed by atoms with Crippen molar-refractivity contribution in [1.29, 1.82) is 0 Å². The van der Waals surface area contributed by atoms with Gasteiger partial charge >= 0.3 is 0 Å². The molecule has 1 heterocycles. The Labute approximate surface area is 163 Å². The van der Waals surface area contributed by atoms with Crippen molar-refractivity contribution in [3.05, 3.63) is 63.7 Å². The van der Waals surface area contributed by atoms with Gasteiger partial charge in [-0.15, -0.1) is 0 Å². The number of benzene rings is 2. The molecule has 0 saturated carbocycles. The van der Waals surface area contributed by atoms with E-state index in [1.807, 2.05) is 24.3 Å². The minimum atomic E-state index is -0.343. The zero-order valence-electron chi connectivity index (χ0n) is 13.6. The Hall–Kier alpha value is -2.64. The fourth-order valence-corrected chi connectivity index (χ4v) is 2.78. The molecule has 3 aromatic rings. The van der Waals surface area contributed by atoms with Crippen LogP contribution in [-0.4, -0.2) is 22.0 Å². The zero-order chi connectivity index (χ0) is 18.7. The second-order valence-electron chi connectivity index (χ2n) is 5.50. The number of nitrogens with zero attached hydrogens (tertiary/aromatic N) is 1. The van der Waals surface area contributed by atoms with Gasteiger partial charge in [0.05, 0.1) is 16.4 Å². The van der Waals surface area contributed by atoms with E-state index in [1.54, 1.807) is 24.3 Å². The lowest BCUT2D eigenvalue weighted by Gasteiger charge is -2.08. The summed E-state index contributed by atoms with van der Waals surface area (Å²) < 4.78 is 0.967. The largest absolute Gasteiger partial charge is 0.325 e. The van der Waals surface area contributed by atoms with E-state index < -0.39 is 0 Å². The lowest BCUT2D eigenvalue weighted by atomic mass is 10.1. The van der Waals surface area contributed by atoms with Crippen LogP contribution in [-0.2, 0) is 4.79 Å². The number of carbonyl (C=O) groups is 2. The second-order valence-corrected chi connectivity index (χ2v) is 6.83. The molecule has 0 radical (unpaired) electrons. The van der Waals surface area contributed by atoms with Crippen molar-refractivity contribution in [3.63, 3.8) is 0 Å². The Balaban J connectivity index is 1.73. The topological polar surface area (TPSA) is 86.9 Å². The van der Waals surface area contributed by atoms with Crippen molar-refractivity contribution in [1.82, 2.24) is 10.2 Å². The van der Waals surface area contributed by atoms with Crippen LogP contribution in [0.25, 0.3) is 11.3 Å². The third-order valence-corrected chi connectivity index (χ3v) is 4.34. The summed E-state index contributed by atoms with van der Waals surface area (Å²) in [5.41, 5.74) is 2.88. The second kappa shape index (κ2) is 7.72. The number of anilines is 2.